The fourth-order valence-electron chi connectivity index (χ4n) is 0.526. The van der Waals surface area contributed by atoms with Crippen LogP contribution in [0.15, 0.2) is 22.8 Å². The zero-order valence-electron chi connectivity index (χ0n) is 4.97. The van der Waals surface area contributed by atoms with E-state index in [0.29, 0.717) is 5.82 Å². The van der Waals surface area contributed by atoms with E-state index in [-0.39, 0.29) is 0 Å². The van der Waals surface area contributed by atoms with Crippen LogP contribution in [-0.2, 0) is 0 Å². The summed E-state index contributed by atoms with van der Waals surface area (Å²) in [7, 11) is 0. The van der Waals surface area contributed by atoms with Crippen LogP contribution in [-0.4, -0.2) is 10.5 Å². The van der Waals surface area contributed by atoms with Gasteiger partial charge in [0.2, 0.25) is 0 Å². The normalized spacial score (nSPS) is 8.90. The monoisotopic (exact) mass is 215 g/mol. The minimum absolute atomic E-state index is 0.692. The molecule has 1 aromatic rings. The van der Waals surface area contributed by atoms with Crippen molar-refractivity contribution in [2.75, 3.05) is 5.32 Å². The quantitative estimate of drug-likeness (QED) is 0.605. The predicted molar refractivity (Wildman–Crippen MR) is 48.2 cm³/mol. The first-order chi connectivity index (χ1) is 4.84. The second-order valence-electron chi connectivity index (χ2n) is 1.56. The maximum absolute atomic E-state index is 4.47. The molecule has 0 unspecified atom stereocenters. The molecule has 0 aliphatic heterocycles. The third-order valence-corrected chi connectivity index (χ3v) is 1.67. The van der Waals surface area contributed by atoms with Gasteiger partial charge in [-0.25, -0.2) is 4.98 Å². The Labute approximate surface area is 72.8 Å². The summed E-state index contributed by atoms with van der Waals surface area (Å²) in [5.41, 5.74) is 2.37. The van der Waals surface area contributed by atoms with Crippen molar-refractivity contribution in [2.24, 2.45) is 0 Å². The minimum atomic E-state index is 0.692. The Bertz CT molecular complexity index is 239. The van der Waals surface area contributed by atoms with E-state index in [2.05, 4.69) is 43.9 Å². The van der Waals surface area contributed by atoms with Crippen molar-refractivity contribution in [1.29, 1.82) is 0 Å². The van der Waals surface area contributed by atoms with Gasteiger partial charge in [-0.1, -0.05) is 12.2 Å². The molecule has 0 atom stereocenters. The summed E-state index contributed by atoms with van der Waals surface area (Å²) in [5.74, 6) is 0.692. The van der Waals surface area contributed by atoms with E-state index in [1.54, 1.807) is 6.20 Å². The van der Waals surface area contributed by atoms with Gasteiger partial charge in [-0.3, -0.25) is 0 Å². The number of rotatable bonds is 2. The van der Waals surface area contributed by atoms with Gasteiger partial charge in [0.25, 0.3) is 0 Å². The fraction of sp³-hybridized carbons (Fsp3) is 0. The zero-order valence-corrected chi connectivity index (χ0v) is 7.37. The Kier molecular flexibility index (Phi) is 2.77. The Balaban J connectivity index is 2.91. The number of hydrogen-bond donors (Lipinski definition) is 1. The van der Waals surface area contributed by atoms with Crippen LogP contribution < -0.4 is 5.32 Å². The molecular formula is C6H4BrN2S. The summed E-state index contributed by atoms with van der Waals surface area (Å²) in [6.07, 6.45) is 1.68. The van der Waals surface area contributed by atoms with E-state index in [1.165, 1.54) is 0 Å². The highest BCUT2D eigenvalue weighted by molar-refractivity contribution is 9.10. The lowest BCUT2D eigenvalue weighted by Gasteiger charge is -1.97. The molecular weight excluding hydrogens is 212 g/mol. The molecule has 10 heavy (non-hydrogen) atoms. The first-order valence-corrected chi connectivity index (χ1v) is 3.78. The number of hydrogen-bond acceptors (Lipinski definition) is 2. The molecule has 1 aromatic heterocycles. The minimum Gasteiger partial charge on any atom is -0.328 e. The molecule has 51 valence electrons. The summed E-state index contributed by atoms with van der Waals surface area (Å²) in [6.45, 7) is 0. The first kappa shape index (κ1) is 7.63. The van der Waals surface area contributed by atoms with E-state index in [1.807, 2.05) is 12.1 Å². The lowest BCUT2D eigenvalue weighted by molar-refractivity contribution is 1.31. The lowest BCUT2D eigenvalue weighted by Crippen LogP contribution is -1.94. The van der Waals surface area contributed by atoms with Crippen LogP contribution in [0.1, 0.15) is 0 Å². The highest BCUT2D eigenvalue weighted by Crippen LogP contribution is 2.16. The number of aromatic nitrogens is 1. The first-order valence-electron chi connectivity index (χ1n) is 2.58. The SMILES string of the molecule is S=[C]Nc1ncccc1Br. The van der Waals surface area contributed by atoms with E-state index in [4.69, 9.17) is 0 Å². The topological polar surface area (TPSA) is 24.9 Å². The number of nitrogens with zero attached hydrogens (tertiary/aromatic N) is 1. The van der Waals surface area contributed by atoms with Crippen LogP contribution in [0.3, 0.4) is 0 Å². The predicted octanol–water partition coefficient (Wildman–Crippen LogP) is 2.09. The van der Waals surface area contributed by atoms with Crippen molar-refractivity contribution in [3.05, 3.63) is 22.8 Å². The number of pyridine rings is 1. The summed E-state index contributed by atoms with van der Waals surface area (Å²) in [5, 5.41) is 2.68. The molecule has 1 rings (SSSR count). The molecule has 4 heteroatoms. The number of thiocarbonyl (C=S) groups is 1. The third kappa shape index (κ3) is 1.75. The van der Waals surface area contributed by atoms with Crippen LogP contribution in [0, 0.1) is 0 Å². The smallest absolute Gasteiger partial charge is 0.145 e. The molecule has 0 amide bonds. The molecule has 0 aliphatic rings. The summed E-state index contributed by atoms with van der Waals surface area (Å²) in [6, 6.07) is 3.71. The number of anilines is 1. The van der Waals surface area contributed by atoms with Crippen molar-refractivity contribution in [2.45, 2.75) is 0 Å². The number of nitrogens with one attached hydrogen (secondary N) is 1. The molecule has 0 fully saturated rings. The second kappa shape index (κ2) is 3.63. The van der Waals surface area contributed by atoms with E-state index in [9.17, 15) is 0 Å². The molecule has 0 saturated heterocycles. The van der Waals surface area contributed by atoms with Crippen molar-refractivity contribution in [3.8, 4) is 0 Å². The third-order valence-electron chi connectivity index (χ3n) is 0.928. The number of halogens is 1. The molecule has 2 nitrogen and oxygen atoms in total. The largest absolute Gasteiger partial charge is 0.328 e. The van der Waals surface area contributed by atoms with Gasteiger partial charge in [0.15, 0.2) is 0 Å². The van der Waals surface area contributed by atoms with Crippen molar-refractivity contribution in [3.63, 3.8) is 0 Å². The highest BCUT2D eigenvalue weighted by Gasteiger charge is 1.94. The van der Waals surface area contributed by atoms with Gasteiger partial charge in [0.05, 0.1) is 4.47 Å². The molecule has 1 radical (unpaired) electrons. The van der Waals surface area contributed by atoms with Gasteiger partial charge < -0.3 is 5.32 Å². The zero-order chi connectivity index (χ0) is 7.40. The van der Waals surface area contributed by atoms with E-state index in [0.717, 1.165) is 4.47 Å². The lowest BCUT2D eigenvalue weighted by atomic mass is 10.5. The molecule has 1 heterocycles. The van der Waals surface area contributed by atoms with E-state index < -0.39 is 0 Å². The average molecular weight is 216 g/mol. The maximum atomic E-state index is 4.47. The maximum Gasteiger partial charge on any atom is 0.145 e. The Hall–Kier alpha value is -0.480. The molecule has 0 aliphatic carbocycles. The standard InChI is InChI=1S/C6H4BrN2S/c7-5-2-1-3-8-6(5)9-4-10/h1-3H,(H,8,9,10). The second-order valence-corrected chi connectivity index (χ2v) is 2.62. The van der Waals surface area contributed by atoms with Gasteiger partial charge in [-0.05, 0) is 28.1 Å². The highest BCUT2D eigenvalue weighted by atomic mass is 79.9. The Morgan fingerprint density at radius 2 is 2.50 bits per heavy atom. The Morgan fingerprint density at radius 3 is 3.10 bits per heavy atom. The van der Waals surface area contributed by atoms with Crippen molar-refractivity contribution >= 4 is 39.5 Å². The summed E-state index contributed by atoms with van der Waals surface area (Å²) >= 11 is 7.76. The summed E-state index contributed by atoms with van der Waals surface area (Å²) < 4.78 is 0.882. The van der Waals surface area contributed by atoms with Crippen molar-refractivity contribution in [1.82, 2.24) is 4.98 Å². The molecule has 1 N–H and O–H groups in total. The van der Waals surface area contributed by atoms with Crippen molar-refractivity contribution < 1.29 is 0 Å². The fourth-order valence-corrected chi connectivity index (χ4v) is 0.977. The Morgan fingerprint density at radius 1 is 1.70 bits per heavy atom. The molecule has 0 aromatic carbocycles. The van der Waals surface area contributed by atoms with Gasteiger partial charge in [0, 0.05) is 6.20 Å². The average Bonchev–Trinajstić information content (AvgIpc) is 1.94. The van der Waals surface area contributed by atoms with Gasteiger partial charge in [-0.15, -0.1) is 0 Å². The van der Waals surface area contributed by atoms with E-state index >= 15 is 0 Å². The molecule has 0 bridgehead atoms. The van der Waals surface area contributed by atoms with Gasteiger partial charge in [0.1, 0.15) is 11.3 Å². The van der Waals surface area contributed by atoms with Crippen LogP contribution in [0.25, 0.3) is 0 Å². The summed E-state index contributed by atoms with van der Waals surface area (Å²) in [4.78, 5) is 3.98. The van der Waals surface area contributed by atoms with Crippen LogP contribution in [0.4, 0.5) is 5.82 Å². The van der Waals surface area contributed by atoms with Crippen LogP contribution in [0.2, 0.25) is 0 Å². The van der Waals surface area contributed by atoms with Gasteiger partial charge in [-0.2, -0.15) is 0 Å². The van der Waals surface area contributed by atoms with Gasteiger partial charge >= 0.3 is 0 Å². The molecule has 0 saturated carbocycles. The molecule has 0 spiro atoms. The van der Waals surface area contributed by atoms with Crippen LogP contribution in [0.5, 0.6) is 0 Å². The van der Waals surface area contributed by atoms with Crippen LogP contribution >= 0.6 is 28.1 Å².